The van der Waals surface area contributed by atoms with E-state index in [1.54, 1.807) is 36.5 Å². The summed E-state index contributed by atoms with van der Waals surface area (Å²) < 4.78 is 4.73. The highest BCUT2D eigenvalue weighted by molar-refractivity contribution is 5.86. The van der Waals surface area contributed by atoms with Gasteiger partial charge in [-0.3, -0.25) is 9.89 Å². The van der Waals surface area contributed by atoms with Crippen molar-refractivity contribution in [2.24, 2.45) is 0 Å². The van der Waals surface area contributed by atoms with Gasteiger partial charge in [0.25, 0.3) is 0 Å². The van der Waals surface area contributed by atoms with Gasteiger partial charge in [0.05, 0.1) is 13.5 Å². The van der Waals surface area contributed by atoms with Crippen molar-refractivity contribution >= 4 is 11.9 Å². The van der Waals surface area contributed by atoms with Crippen molar-refractivity contribution in [1.29, 1.82) is 0 Å². The number of carbonyl (C=O) groups is 2. The second kappa shape index (κ2) is 6.51. The Morgan fingerprint density at radius 2 is 2.05 bits per heavy atom. The van der Waals surface area contributed by atoms with Gasteiger partial charge >= 0.3 is 5.97 Å². The molecule has 0 aliphatic rings. The molecule has 0 radical (unpaired) electrons. The standard InChI is InChI=1S/C14H15N3O3/c1-20-14(19)13(10-5-3-2-4-6-10)16-12(18)9-11-7-8-15-17-11/h2-8,13H,9H2,1H3,(H,15,17)(H,16,18). The minimum absolute atomic E-state index is 0.125. The third kappa shape index (κ3) is 3.44. The van der Waals surface area contributed by atoms with Crippen LogP contribution in [0.15, 0.2) is 42.6 Å². The summed E-state index contributed by atoms with van der Waals surface area (Å²) in [6, 6.07) is 9.85. The molecule has 0 saturated carbocycles. The average Bonchev–Trinajstić information content (AvgIpc) is 2.97. The maximum Gasteiger partial charge on any atom is 0.333 e. The molecule has 0 bridgehead atoms. The van der Waals surface area contributed by atoms with E-state index in [9.17, 15) is 9.59 Å². The van der Waals surface area contributed by atoms with Crippen molar-refractivity contribution in [1.82, 2.24) is 15.5 Å². The lowest BCUT2D eigenvalue weighted by Crippen LogP contribution is -2.35. The molecule has 6 heteroatoms. The Morgan fingerprint density at radius 3 is 2.65 bits per heavy atom. The van der Waals surface area contributed by atoms with E-state index in [0.29, 0.717) is 11.3 Å². The molecule has 104 valence electrons. The molecule has 0 fully saturated rings. The van der Waals surface area contributed by atoms with Crippen LogP contribution in [-0.2, 0) is 20.7 Å². The van der Waals surface area contributed by atoms with Crippen LogP contribution in [0.5, 0.6) is 0 Å². The number of ether oxygens (including phenoxy) is 1. The number of rotatable bonds is 5. The molecule has 0 aliphatic carbocycles. The second-order valence-electron chi connectivity index (χ2n) is 4.19. The molecule has 1 amide bonds. The SMILES string of the molecule is COC(=O)C(NC(=O)Cc1ccn[nH]1)c1ccccc1. The molecule has 20 heavy (non-hydrogen) atoms. The molecule has 2 aromatic rings. The zero-order chi connectivity index (χ0) is 14.4. The predicted molar refractivity (Wildman–Crippen MR) is 71.6 cm³/mol. The smallest absolute Gasteiger partial charge is 0.333 e. The number of carbonyl (C=O) groups excluding carboxylic acids is 2. The highest BCUT2D eigenvalue weighted by atomic mass is 16.5. The van der Waals surface area contributed by atoms with Gasteiger partial charge in [0.15, 0.2) is 6.04 Å². The zero-order valence-corrected chi connectivity index (χ0v) is 11.0. The van der Waals surface area contributed by atoms with Crippen LogP contribution in [0, 0.1) is 0 Å². The van der Waals surface area contributed by atoms with Crippen LogP contribution < -0.4 is 5.32 Å². The number of H-pyrrole nitrogens is 1. The molecule has 6 nitrogen and oxygen atoms in total. The molecule has 1 unspecified atom stereocenters. The van der Waals surface area contributed by atoms with E-state index in [4.69, 9.17) is 4.74 Å². The number of benzene rings is 1. The minimum atomic E-state index is -0.809. The monoisotopic (exact) mass is 273 g/mol. The van der Waals surface area contributed by atoms with Crippen molar-refractivity contribution < 1.29 is 14.3 Å². The molecule has 0 saturated heterocycles. The Labute approximate surface area is 116 Å². The van der Waals surface area contributed by atoms with Gasteiger partial charge in [0, 0.05) is 11.9 Å². The maximum absolute atomic E-state index is 11.9. The fraction of sp³-hybridized carbons (Fsp3) is 0.214. The van der Waals surface area contributed by atoms with Crippen LogP contribution in [0.4, 0.5) is 0 Å². The van der Waals surface area contributed by atoms with Crippen molar-refractivity contribution in [3.8, 4) is 0 Å². The number of aromatic nitrogens is 2. The average molecular weight is 273 g/mol. The Bertz CT molecular complexity index is 567. The van der Waals surface area contributed by atoms with E-state index < -0.39 is 12.0 Å². The summed E-state index contributed by atoms with van der Waals surface area (Å²) in [5.74, 6) is -0.789. The Morgan fingerprint density at radius 1 is 1.30 bits per heavy atom. The van der Waals surface area contributed by atoms with E-state index in [1.807, 2.05) is 6.07 Å². The van der Waals surface area contributed by atoms with E-state index in [2.05, 4.69) is 15.5 Å². The quantitative estimate of drug-likeness (QED) is 0.795. The number of methoxy groups -OCH3 is 1. The van der Waals surface area contributed by atoms with Gasteiger partial charge in [0.1, 0.15) is 0 Å². The predicted octanol–water partition coefficient (Wildman–Crippen LogP) is 0.983. The van der Waals surface area contributed by atoms with Gasteiger partial charge in [-0.05, 0) is 11.6 Å². The molecule has 1 aromatic heterocycles. The fourth-order valence-corrected chi connectivity index (χ4v) is 1.81. The molecule has 1 heterocycles. The number of amides is 1. The lowest BCUT2D eigenvalue weighted by atomic mass is 10.1. The van der Waals surface area contributed by atoms with Gasteiger partial charge in [0.2, 0.25) is 5.91 Å². The van der Waals surface area contributed by atoms with Crippen LogP contribution in [0.25, 0.3) is 0 Å². The maximum atomic E-state index is 11.9. The summed E-state index contributed by atoms with van der Waals surface area (Å²) in [6.07, 6.45) is 1.69. The van der Waals surface area contributed by atoms with Gasteiger partial charge in [-0.25, -0.2) is 4.79 Å². The first-order valence-corrected chi connectivity index (χ1v) is 6.11. The normalized spacial score (nSPS) is 11.7. The minimum Gasteiger partial charge on any atom is -0.467 e. The first-order chi connectivity index (χ1) is 9.70. The molecule has 2 N–H and O–H groups in total. The molecule has 0 aliphatic heterocycles. The molecule has 0 spiro atoms. The molecule has 1 aromatic carbocycles. The van der Waals surface area contributed by atoms with Crippen LogP contribution in [-0.4, -0.2) is 29.2 Å². The number of hydrogen-bond acceptors (Lipinski definition) is 4. The van der Waals surface area contributed by atoms with Crippen molar-refractivity contribution in [3.05, 3.63) is 53.9 Å². The van der Waals surface area contributed by atoms with E-state index >= 15 is 0 Å². The Hall–Kier alpha value is -2.63. The number of nitrogens with zero attached hydrogens (tertiary/aromatic N) is 1. The Balaban J connectivity index is 2.08. The third-order valence-corrected chi connectivity index (χ3v) is 2.78. The number of aromatic amines is 1. The molecular weight excluding hydrogens is 258 g/mol. The van der Waals surface area contributed by atoms with Crippen molar-refractivity contribution in [2.45, 2.75) is 12.5 Å². The first kappa shape index (κ1) is 13.8. The lowest BCUT2D eigenvalue weighted by Gasteiger charge is -2.16. The van der Waals surface area contributed by atoms with Crippen molar-refractivity contribution in [2.75, 3.05) is 7.11 Å². The van der Waals surface area contributed by atoms with E-state index in [1.165, 1.54) is 7.11 Å². The van der Waals surface area contributed by atoms with Gasteiger partial charge < -0.3 is 10.1 Å². The molecule has 1 atom stereocenters. The summed E-state index contributed by atoms with van der Waals surface area (Å²) in [5.41, 5.74) is 1.36. The highest BCUT2D eigenvalue weighted by Gasteiger charge is 2.23. The summed E-state index contributed by atoms with van der Waals surface area (Å²) >= 11 is 0. The summed E-state index contributed by atoms with van der Waals surface area (Å²) in [5, 5.41) is 9.13. The van der Waals surface area contributed by atoms with E-state index in [0.717, 1.165) is 0 Å². The van der Waals surface area contributed by atoms with Crippen LogP contribution in [0.3, 0.4) is 0 Å². The third-order valence-electron chi connectivity index (χ3n) is 2.78. The van der Waals surface area contributed by atoms with Crippen LogP contribution >= 0.6 is 0 Å². The highest BCUT2D eigenvalue weighted by Crippen LogP contribution is 2.14. The zero-order valence-electron chi connectivity index (χ0n) is 11.0. The van der Waals surface area contributed by atoms with Gasteiger partial charge in [-0.15, -0.1) is 0 Å². The van der Waals surface area contributed by atoms with Gasteiger partial charge in [-0.2, -0.15) is 5.10 Å². The van der Waals surface area contributed by atoms with Crippen LogP contribution in [0.2, 0.25) is 0 Å². The van der Waals surface area contributed by atoms with Crippen molar-refractivity contribution in [3.63, 3.8) is 0 Å². The lowest BCUT2D eigenvalue weighted by molar-refractivity contribution is -0.145. The largest absolute Gasteiger partial charge is 0.467 e. The summed E-state index contributed by atoms with van der Waals surface area (Å²) in [7, 11) is 1.29. The number of esters is 1. The van der Waals surface area contributed by atoms with E-state index in [-0.39, 0.29) is 12.3 Å². The summed E-state index contributed by atoms with van der Waals surface area (Å²) in [4.78, 5) is 23.7. The molecule has 2 rings (SSSR count). The Kier molecular flexibility index (Phi) is 4.49. The summed E-state index contributed by atoms with van der Waals surface area (Å²) in [6.45, 7) is 0. The molecular formula is C14H15N3O3. The number of hydrogen-bond donors (Lipinski definition) is 2. The van der Waals surface area contributed by atoms with Gasteiger partial charge in [-0.1, -0.05) is 30.3 Å². The first-order valence-electron chi connectivity index (χ1n) is 6.11. The van der Waals surface area contributed by atoms with Crippen LogP contribution in [0.1, 0.15) is 17.3 Å². The number of nitrogens with one attached hydrogen (secondary N) is 2. The second-order valence-corrected chi connectivity index (χ2v) is 4.19. The fourth-order valence-electron chi connectivity index (χ4n) is 1.81. The topological polar surface area (TPSA) is 84.1 Å².